The van der Waals surface area contributed by atoms with Gasteiger partial charge in [0, 0.05) is 10.9 Å². The summed E-state index contributed by atoms with van der Waals surface area (Å²) in [4.78, 5) is 5.76. The van der Waals surface area contributed by atoms with Crippen molar-refractivity contribution in [3.05, 3.63) is 15.6 Å². The van der Waals surface area contributed by atoms with Crippen LogP contribution in [0, 0.1) is 13.8 Å². The maximum absolute atomic E-state index is 4.44. The number of hydrogen-bond donors (Lipinski definition) is 1. The summed E-state index contributed by atoms with van der Waals surface area (Å²) < 4.78 is 0. The highest BCUT2D eigenvalue weighted by Crippen LogP contribution is 2.21. The average Bonchev–Trinajstić information content (AvgIpc) is 2.28. The van der Waals surface area contributed by atoms with E-state index >= 15 is 0 Å². The van der Waals surface area contributed by atoms with Crippen LogP contribution in [0.15, 0.2) is 0 Å². The largest absolute Gasteiger partial charge is 0.312 e. The molecule has 0 aromatic carbocycles. The van der Waals surface area contributed by atoms with E-state index < -0.39 is 0 Å². The molecule has 0 aliphatic rings. The Labute approximate surface area is 71.7 Å². The minimum Gasteiger partial charge on any atom is -0.312 e. The van der Waals surface area contributed by atoms with E-state index in [9.17, 15) is 0 Å². The van der Waals surface area contributed by atoms with Gasteiger partial charge in [0.05, 0.1) is 10.7 Å². The fourth-order valence-electron chi connectivity index (χ4n) is 1.08. The van der Waals surface area contributed by atoms with Crippen LogP contribution in [-0.4, -0.2) is 12.0 Å². The van der Waals surface area contributed by atoms with Gasteiger partial charge in [-0.3, -0.25) is 0 Å². The van der Waals surface area contributed by atoms with Crippen LogP contribution < -0.4 is 5.32 Å². The molecule has 3 heteroatoms. The molecule has 2 nitrogen and oxygen atoms in total. The fourth-order valence-corrected chi connectivity index (χ4v) is 2.00. The van der Waals surface area contributed by atoms with E-state index in [0.717, 1.165) is 5.01 Å². The summed E-state index contributed by atoms with van der Waals surface area (Å²) in [5, 5.41) is 4.33. The molecule has 62 valence electrons. The second-order valence-corrected chi connectivity index (χ2v) is 4.09. The van der Waals surface area contributed by atoms with Gasteiger partial charge in [-0.15, -0.1) is 11.3 Å². The lowest BCUT2D eigenvalue weighted by Gasteiger charge is -2.06. The van der Waals surface area contributed by atoms with Crippen LogP contribution in [0.4, 0.5) is 0 Å². The summed E-state index contributed by atoms with van der Waals surface area (Å²) in [5.41, 5.74) is 1.19. The maximum atomic E-state index is 4.44. The topological polar surface area (TPSA) is 24.9 Å². The molecule has 0 aliphatic carbocycles. The second-order valence-electron chi connectivity index (χ2n) is 2.68. The van der Waals surface area contributed by atoms with E-state index in [4.69, 9.17) is 0 Å². The molecule has 0 saturated carbocycles. The van der Waals surface area contributed by atoms with Crippen molar-refractivity contribution in [2.45, 2.75) is 26.8 Å². The van der Waals surface area contributed by atoms with Gasteiger partial charge in [-0.2, -0.15) is 0 Å². The lowest BCUT2D eigenvalue weighted by molar-refractivity contribution is 0.632. The highest BCUT2D eigenvalue weighted by Gasteiger charge is 2.09. The van der Waals surface area contributed by atoms with Crippen molar-refractivity contribution >= 4 is 11.3 Å². The Bertz CT molecular complexity index is 242. The van der Waals surface area contributed by atoms with Gasteiger partial charge in [0.15, 0.2) is 0 Å². The number of nitrogens with one attached hydrogen (secondary N) is 1. The van der Waals surface area contributed by atoms with Gasteiger partial charge in [0.25, 0.3) is 0 Å². The van der Waals surface area contributed by atoms with Crippen LogP contribution in [0.25, 0.3) is 0 Å². The maximum Gasteiger partial charge on any atom is 0.0900 e. The summed E-state index contributed by atoms with van der Waals surface area (Å²) in [6, 6.07) is 0.375. The first kappa shape index (κ1) is 8.68. The van der Waals surface area contributed by atoms with Crippen molar-refractivity contribution < 1.29 is 0 Å². The molecule has 0 saturated heterocycles. The third kappa shape index (κ3) is 1.79. The first-order valence-electron chi connectivity index (χ1n) is 3.76. The summed E-state index contributed by atoms with van der Waals surface area (Å²) in [6.45, 7) is 6.29. The zero-order chi connectivity index (χ0) is 8.43. The summed E-state index contributed by atoms with van der Waals surface area (Å²) in [7, 11) is 1.96. The van der Waals surface area contributed by atoms with Crippen molar-refractivity contribution in [1.82, 2.24) is 10.3 Å². The first-order chi connectivity index (χ1) is 5.15. The van der Waals surface area contributed by atoms with Gasteiger partial charge in [-0.25, -0.2) is 4.98 Å². The molecule has 1 atom stereocenters. The van der Waals surface area contributed by atoms with Crippen molar-refractivity contribution in [1.29, 1.82) is 0 Å². The number of hydrogen-bond acceptors (Lipinski definition) is 3. The normalized spacial score (nSPS) is 13.5. The standard InChI is InChI=1S/C8H14N2S/c1-5(9-4)8-6(2)11-7(3)10-8/h5,9H,1-4H3/t5-/m0/s1. The second kappa shape index (κ2) is 3.32. The molecule has 0 radical (unpaired) electrons. The third-order valence-electron chi connectivity index (χ3n) is 1.78. The monoisotopic (exact) mass is 170 g/mol. The van der Waals surface area contributed by atoms with E-state index in [-0.39, 0.29) is 0 Å². The highest BCUT2D eigenvalue weighted by molar-refractivity contribution is 7.11. The van der Waals surface area contributed by atoms with Crippen LogP contribution in [0.1, 0.15) is 28.5 Å². The lowest BCUT2D eigenvalue weighted by atomic mass is 10.2. The Morgan fingerprint density at radius 3 is 2.45 bits per heavy atom. The Morgan fingerprint density at radius 2 is 2.09 bits per heavy atom. The van der Waals surface area contributed by atoms with Gasteiger partial charge >= 0.3 is 0 Å². The number of thiazole rings is 1. The van der Waals surface area contributed by atoms with E-state index in [1.807, 2.05) is 14.0 Å². The molecule has 0 spiro atoms. The van der Waals surface area contributed by atoms with Crippen LogP contribution in [-0.2, 0) is 0 Å². The molecule has 1 N–H and O–H groups in total. The number of nitrogens with zero attached hydrogens (tertiary/aromatic N) is 1. The van der Waals surface area contributed by atoms with Gasteiger partial charge in [-0.05, 0) is 27.8 Å². The number of aryl methyl sites for hydroxylation is 2. The lowest BCUT2D eigenvalue weighted by Crippen LogP contribution is -2.13. The van der Waals surface area contributed by atoms with Gasteiger partial charge in [0.2, 0.25) is 0 Å². The zero-order valence-corrected chi connectivity index (χ0v) is 8.25. The van der Waals surface area contributed by atoms with Crippen LogP contribution in [0.5, 0.6) is 0 Å². The molecule has 0 fully saturated rings. The highest BCUT2D eigenvalue weighted by atomic mass is 32.1. The molecule has 1 aromatic rings. The van der Waals surface area contributed by atoms with Crippen molar-refractivity contribution in [3.63, 3.8) is 0 Å². The minimum absolute atomic E-state index is 0.375. The van der Waals surface area contributed by atoms with Crippen molar-refractivity contribution in [3.8, 4) is 0 Å². The number of aromatic nitrogens is 1. The molecular weight excluding hydrogens is 156 g/mol. The first-order valence-corrected chi connectivity index (χ1v) is 4.58. The predicted molar refractivity (Wildman–Crippen MR) is 49.1 cm³/mol. The molecule has 0 amide bonds. The van der Waals surface area contributed by atoms with E-state index in [2.05, 4.69) is 24.1 Å². The van der Waals surface area contributed by atoms with Gasteiger partial charge in [0.1, 0.15) is 0 Å². The SMILES string of the molecule is CN[C@@H](C)c1nc(C)sc1C. The van der Waals surface area contributed by atoms with Crippen molar-refractivity contribution in [2.24, 2.45) is 0 Å². The molecular formula is C8H14N2S. The minimum atomic E-state index is 0.375. The predicted octanol–water partition coefficient (Wildman–Crippen LogP) is 2.04. The van der Waals surface area contributed by atoms with Gasteiger partial charge < -0.3 is 5.32 Å². The molecule has 0 unspecified atom stereocenters. The van der Waals surface area contributed by atoms with E-state index in [1.165, 1.54) is 10.6 Å². The Balaban J connectivity index is 2.93. The zero-order valence-electron chi connectivity index (χ0n) is 7.43. The summed E-state index contributed by atoms with van der Waals surface area (Å²) in [5.74, 6) is 0. The van der Waals surface area contributed by atoms with Crippen LogP contribution >= 0.6 is 11.3 Å². The Kier molecular flexibility index (Phi) is 2.62. The molecule has 0 aliphatic heterocycles. The average molecular weight is 170 g/mol. The quantitative estimate of drug-likeness (QED) is 0.734. The van der Waals surface area contributed by atoms with Gasteiger partial charge in [-0.1, -0.05) is 0 Å². The summed E-state index contributed by atoms with van der Waals surface area (Å²) >= 11 is 1.76. The summed E-state index contributed by atoms with van der Waals surface area (Å²) in [6.07, 6.45) is 0. The molecule has 1 rings (SSSR count). The van der Waals surface area contributed by atoms with Crippen LogP contribution in [0.3, 0.4) is 0 Å². The Hall–Kier alpha value is -0.410. The smallest absolute Gasteiger partial charge is 0.0900 e. The third-order valence-corrected chi connectivity index (χ3v) is 2.68. The molecule has 11 heavy (non-hydrogen) atoms. The fraction of sp³-hybridized carbons (Fsp3) is 0.625. The Morgan fingerprint density at radius 1 is 1.45 bits per heavy atom. The molecule has 1 aromatic heterocycles. The molecule has 1 heterocycles. The number of rotatable bonds is 2. The van der Waals surface area contributed by atoms with Crippen molar-refractivity contribution in [2.75, 3.05) is 7.05 Å². The molecule has 0 bridgehead atoms. The van der Waals surface area contributed by atoms with E-state index in [0.29, 0.717) is 6.04 Å². The van der Waals surface area contributed by atoms with Crippen LogP contribution in [0.2, 0.25) is 0 Å². The van der Waals surface area contributed by atoms with E-state index in [1.54, 1.807) is 11.3 Å².